The number of aliphatic hydroxyl groups is 1. The molecule has 0 radical (unpaired) electrons. The van der Waals surface area contributed by atoms with Gasteiger partial charge >= 0.3 is 6.09 Å². The highest BCUT2D eigenvalue weighted by Gasteiger charge is 2.44. The predicted octanol–water partition coefficient (Wildman–Crippen LogP) is 3.51. The smallest absolute Gasteiger partial charge is 0.407 e. The van der Waals surface area contributed by atoms with E-state index in [1.54, 1.807) is 12.1 Å². The molecule has 1 amide bonds. The van der Waals surface area contributed by atoms with E-state index < -0.39 is 34.4 Å². The van der Waals surface area contributed by atoms with Crippen LogP contribution in [0.1, 0.15) is 38.7 Å². The summed E-state index contributed by atoms with van der Waals surface area (Å²) in [6.07, 6.45) is -0.0786. The Morgan fingerprint density at radius 2 is 1.82 bits per heavy atom. The van der Waals surface area contributed by atoms with Crippen molar-refractivity contribution in [2.45, 2.75) is 69.0 Å². The number of benzene rings is 2. The summed E-state index contributed by atoms with van der Waals surface area (Å²) in [6.45, 7) is 5.69. The van der Waals surface area contributed by atoms with Crippen LogP contribution in [0.25, 0.3) is 0 Å². The van der Waals surface area contributed by atoms with Gasteiger partial charge in [-0.05, 0) is 81.6 Å². The number of sulfonamides is 1. The largest absolute Gasteiger partial charge is 0.497 e. The Bertz CT molecular complexity index is 1320. The molecular weight excluding hydrogens is 598 g/mol. The third-order valence-corrected chi connectivity index (χ3v) is 10.3. The fraction of sp³-hybridized carbons (Fsp3) is 0.606. The molecule has 45 heavy (non-hydrogen) atoms. The van der Waals surface area contributed by atoms with Gasteiger partial charge in [-0.25, -0.2) is 13.2 Å². The summed E-state index contributed by atoms with van der Waals surface area (Å²) in [7, 11) is 1.51. The summed E-state index contributed by atoms with van der Waals surface area (Å²) in [5.74, 6) is 0.506. The van der Waals surface area contributed by atoms with Crippen LogP contribution in [-0.2, 0) is 30.7 Å². The molecule has 0 saturated carbocycles. The van der Waals surface area contributed by atoms with Crippen molar-refractivity contribution in [2.75, 3.05) is 54.1 Å². The van der Waals surface area contributed by atoms with E-state index in [0.717, 1.165) is 31.4 Å². The molecule has 5 atom stereocenters. The molecule has 0 aliphatic carbocycles. The summed E-state index contributed by atoms with van der Waals surface area (Å²) in [5, 5.41) is 14.5. The number of carbonyl (C=O) groups excluding carboxylic acids is 1. The molecule has 0 bridgehead atoms. The fourth-order valence-electron chi connectivity index (χ4n) is 5.93. The maximum Gasteiger partial charge on any atom is 0.407 e. The molecule has 0 unspecified atom stereocenters. The van der Waals surface area contributed by atoms with Crippen molar-refractivity contribution < 1.29 is 37.3 Å². The van der Waals surface area contributed by atoms with E-state index in [2.05, 4.69) is 10.2 Å². The average Bonchev–Trinajstić information content (AvgIpc) is 3.62. The number of methoxy groups -OCH3 is 1. The van der Waals surface area contributed by atoms with Crippen molar-refractivity contribution >= 4 is 16.1 Å². The minimum Gasteiger partial charge on any atom is -0.497 e. The Hall–Kier alpha value is -2.74. The van der Waals surface area contributed by atoms with Gasteiger partial charge in [0.15, 0.2) is 6.29 Å². The Labute approximate surface area is 267 Å². The third-order valence-electron chi connectivity index (χ3n) is 8.46. The second-order valence-corrected chi connectivity index (χ2v) is 15.0. The van der Waals surface area contributed by atoms with Crippen molar-refractivity contribution in [2.24, 2.45) is 11.3 Å². The summed E-state index contributed by atoms with van der Waals surface area (Å²) < 4.78 is 51.6. The van der Waals surface area contributed by atoms with Gasteiger partial charge in [0.1, 0.15) is 11.9 Å². The van der Waals surface area contributed by atoms with Crippen molar-refractivity contribution in [1.82, 2.24) is 14.5 Å². The van der Waals surface area contributed by atoms with E-state index in [1.165, 1.54) is 23.5 Å². The first-order valence-electron chi connectivity index (χ1n) is 15.6. The summed E-state index contributed by atoms with van der Waals surface area (Å²) in [5.41, 5.74) is 0.489. The van der Waals surface area contributed by atoms with Gasteiger partial charge in [-0.2, -0.15) is 4.31 Å². The Balaban J connectivity index is 1.55. The number of rotatable bonds is 16. The monoisotopic (exact) mass is 647 g/mol. The maximum absolute atomic E-state index is 14.1. The first-order chi connectivity index (χ1) is 21.4. The molecule has 4 rings (SSSR count). The lowest BCUT2D eigenvalue weighted by Crippen LogP contribution is -2.52. The van der Waals surface area contributed by atoms with Crippen LogP contribution < -0.4 is 10.1 Å². The van der Waals surface area contributed by atoms with Crippen LogP contribution in [0.4, 0.5) is 4.79 Å². The number of aliphatic hydroxyl groups excluding tert-OH is 1. The zero-order chi connectivity index (χ0) is 32.6. The molecule has 250 valence electrons. The maximum atomic E-state index is 14.1. The highest BCUT2D eigenvalue weighted by atomic mass is 32.2. The highest BCUT2D eigenvalue weighted by Crippen LogP contribution is 2.33. The predicted molar refractivity (Wildman–Crippen MR) is 170 cm³/mol. The van der Waals surface area contributed by atoms with E-state index in [0.29, 0.717) is 12.4 Å². The van der Waals surface area contributed by atoms with Crippen molar-refractivity contribution in [3.8, 4) is 5.75 Å². The minimum absolute atomic E-state index is 0.0342. The first-order valence-corrected chi connectivity index (χ1v) is 17.0. The molecule has 2 aromatic carbocycles. The number of carbonyl (C=O) groups is 1. The van der Waals surface area contributed by atoms with Crippen molar-refractivity contribution in [1.29, 1.82) is 0 Å². The van der Waals surface area contributed by atoms with E-state index >= 15 is 0 Å². The standard InChI is InChI=1S/C33H49N3O8S/c1-33(2,17-9-18-35(3)4)23-36(45(39,40)26-14-12-25(41-5)13-15-26)21-29(37)28(20-24-10-7-6-8-11-24)34-32(38)44-30-22-43-31-27(30)16-19-42-31/h6-8,10-15,27-31,37H,9,16-23H2,1-5H3,(H,34,38)/t27-,28-,29-,30-,31+/m0/s1. The van der Waals surface area contributed by atoms with E-state index in [4.69, 9.17) is 18.9 Å². The van der Waals surface area contributed by atoms with E-state index in [9.17, 15) is 18.3 Å². The van der Waals surface area contributed by atoms with Crippen LogP contribution >= 0.6 is 0 Å². The Kier molecular flexibility index (Phi) is 12.3. The fourth-order valence-corrected chi connectivity index (χ4v) is 7.58. The summed E-state index contributed by atoms with van der Waals surface area (Å²) in [6, 6.07) is 14.8. The second kappa shape index (κ2) is 15.7. The lowest BCUT2D eigenvalue weighted by molar-refractivity contribution is -0.0907. The highest BCUT2D eigenvalue weighted by molar-refractivity contribution is 7.89. The SMILES string of the molecule is COc1ccc(S(=O)(=O)N(C[C@H](O)[C@H](Cc2ccccc2)NC(=O)O[C@H]2CO[C@H]3OCC[C@H]32)CC(C)(C)CCCN(C)C)cc1. The molecule has 2 fully saturated rings. The van der Waals surface area contributed by atoms with Gasteiger partial charge in [-0.15, -0.1) is 0 Å². The second-order valence-electron chi connectivity index (χ2n) is 13.0. The molecule has 2 heterocycles. The molecule has 11 nitrogen and oxygen atoms in total. The van der Waals surface area contributed by atoms with Gasteiger partial charge in [0, 0.05) is 13.1 Å². The van der Waals surface area contributed by atoms with E-state index in [-0.39, 0.29) is 48.6 Å². The number of alkyl carbamates (subject to hydrolysis) is 1. The van der Waals surface area contributed by atoms with Crippen molar-refractivity contribution in [3.05, 3.63) is 60.2 Å². The molecule has 2 saturated heterocycles. The molecule has 0 spiro atoms. The number of amides is 1. The molecule has 2 N–H and O–H groups in total. The minimum atomic E-state index is -4.03. The average molecular weight is 648 g/mol. The number of hydrogen-bond donors (Lipinski definition) is 2. The number of fused-ring (bicyclic) bond motifs is 1. The quantitative estimate of drug-likeness (QED) is 0.282. The molecular formula is C33H49N3O8S. The van der Waals surface area contributed by atoms with E-state index in [1.807, 2.05) is 58.3 Å². The Morgan fingerprint density at radius 3 is 2.49 bits per heavy atom. The summed E-state index contributed by atoms with van der Waals surface area (Å²) >= 11 is 0. The third kappa shape index (κ3) is 9.87. The van der Waals surface area contributed by atoms with Gasteiger partial charge in [-0.3, -0.25) is 0 Å². The van der Waals surface area contributed by atoms with Crippen LogP contribution in [0.3, 0.4) is 0 Å². The number of nitrogens with one attached hydrogen (secondary N) is 1. The van der Waals surface area contributed by atoms with Crippen LogP contribution in [0.5, 0.6) is 5.75 Å². The molecule has 2 aliphatic heterocycles. The van der Waals surface area contributed by atoms with Gasteiger partial charge in [0.2, 0.25) is 10.0 Å². The molecule has 2 aromatic rings. The van der Waals surface area contributed by atoms with Crippen LogP contribution in [0.15, 0.2) is 59.5 Å². The number of hydrogen-bond acceptors (Lipinski definition) is 9. The Morgan fingerprint density at radius 1 is 1.11 bits per heavy atom. The molecule has 12 heteroatoms. The lowest BCUT2D eigenvalue weighted by Gasteiger charge is -2.35. The topological polar surface area (TPSA) is 127 Å². The zero-order valence-corrected chi connectivity index (χ0v) is 27.9. The zero-order valence-electron chi connectivity index (χ0n) is 27.1. The summed E-state index contributed by atoms with van der Waals surface area (Å²) in [4.78, 5) is 15.4. The molecule has 2 aliphatic rings. The first kappa shape index (κ1) is 35.1. The van der Waals surface area contributed by atoms with Gasteiger partial charge in [0.25, 0.3) is 0 Å². The van der Waals surface area contributed by atoms with Crippen LogP contribution in [-0.4, -0.2) is 107 Å². The van der Waals surface area contributed by atoms with Gasteiger partial charge in [-0.1, -0.05) is 44.2 Å². The van der Waals surface area contributed by atoms with Gasteiger partial charge < -0.3 is 34.3 Å². The van der Waals surface area contributed by atoms with Crippen LogP contribution in [0.2, 0.25) is 0 Å². The van der Waals surface area contributed by atoms with Crippen molar-refractivity contribution in [3.63, 3.8) is 0 Å². The normalized spacial score (nSPS) is 21.5. The number of ether oxygens (including phenoxy) is 4. The lowest BCUT2D eigenvalue weighted by atomic mass is 9.87. The molecule has 0 aromatic heterocycles. The van der Waals surface area contributed by atoms with Gasteiger partial charge in [0.05, 0.1) is 43.3 Å². The van der Waals surface area contributed by atoms with Crippen LogP contribution in [0, 0.1) is 11.3 Å². The number of nitrogens with zero attached hydrogens (tertiary/aromatic N) is 2.